The van der Waals surface area contributed by atoms with E-state index in [4.69, 9.17) is 0 Å². The molecule has 27 heavy (non-hydrogen) atoms. The second-order valence-electron chi connectivity index (χ2n) is 9.01. The Labute approximate surface area is 168 Å². The average Bonchev–Trinajstić information content (AvgIpc) is 2.71. The standard InChI is InChI=1S/C24H35N.C2H6/c1-5-19-10-11-22-23(14-19)17(3)21(12-13-25)18(4)24(22)15-20-8-6-16(2)7-9-20;1-2/h6-9,17-19,21-24H,5,10-12,14-15H2,1-4H3;1-2H3/t17-,18?,19-,21-,22?,23-,24+;/m0./s1. The minimum atomic E-state index is 0.581. The molecule has 0 bridgehead atoms. The number of benzene rings is 1. The van der Waals surface area contributed by atoms with Crippen LogP contribution in [-0.2, 0) is 6.42 Å². The second kappa shape index (κ2) is 10.3. The Bertz CT molecular complexity index is 596. The van der Waals surface area contributed by atoms with Gasteiger partial charge in [-0.3, -0.25) is 0 Å². The van der Waals surface area contributed by atoms with Crippen LogP contribution in [-0.4, -0.2) is 0 Å². The summed E-state index contributed by atoms with van der Waals surface area (Å²) >= 11 is 0. The summed E-state index contributed by atoms with van der Waals surface area (Å²) in [5, 5.41) is 9.40. The quantitative estimate of drug-likeness (QED) is 0.542. The van der Waals surface area contributed by atoms with Crippen molar-refractivity contribution in [2.24, 2.45) is 41.4 Å². The molecule has 0 aliphatic heterocycles. The molecule has 0 heterocycles. The van der Waals surface area contributed by atoms with E-state index in [-0.39, 0.29) is 0 Å². The summed E-state index contributed by atoms with van der Waals surface area (Å²) in [7, 11) is 0. The second-order valence-corrected chi connectivity index (χ2v) is 9.01. The van der Waals surface area contributed by atoms with Crippen LogP contribution < -0.4 is 0 Å². The van der Waals surface area contributed by atoms with Gasteiger partial charge in [0.25, 0.3) is 0 Å². The Balaban J connectivity index is 0.00000126. The summed E-state index contributed by atoms with van der Waals surface area (Å²) in [6.07, 6.45) is 7.51. The van der Waals surface area contributed by atoms with Gasteiger partial charge in [0, 0.05) is 6.42 Å². The molecule has 0 aromatic heterocycles. The van der Waals surface area contributed by atoms with Gasteiger partial charge in [0.15, 0.2) is 0 Å². The number of aryl methyl sites for hydroxylation is 1. The summed E-state index contributed by atoms with van der Waals surface area (Å²) < 4.78 is 0. The zero-order valence-corrected chi connectivity index (χ0v) is 18.5. The molecule has 3 rings (SSSR count). The lowest BCUT2D eigenvalue weighted by molar-refractivity contribution is -0.0406. The molecule has 0 amide bonds. The number of fused-ring (bicyclic) bond motifs is 1. The van der Waals surface area contributed by atoms with Crippen LogP contribution in [0.15, 0.2) is 24.3 Å². The van der Waals surface area contributed by atoms with Crippen LogP contribution in [0.3, 0.4) is 0 Å². The Morgan fingerprint density at radius 1 is 0.963 bits per heavy atom. The van der Waals surface area contributed by atoms with Crippen molar-refractivity contribution in [3.05, 3.63) is 35.4 Å². The van der Waals surface area contributed by atoms with E-state index >= 15 is 0 Å². The Hall–Kier alpha value is -1.29. The van der Waals surface area contributed by atoms with Crippen molar-refractivity contribution < 1.29 is 0 Å². The summed E-state index contributed by atoms with van der Waals surface area (Å²) in [6, 6.07) is 11.7. The third-order valence-electron chi connectivity index (χ3n) is 7.81. The molecule has 2 aliphatic carbocycles. The van der Waals surface area contributed by atoms with Crippen molar-refractivity contribution in [2.45, 2.75) is 80.1 Å². The van der Waals surface area contributed by atoms with Crippen molar-refractivity contribution in [3.8, 4) is 6.07 Å². The normalized spacial score (nSPS) is 35.4. The Morgan fingerprint density at radius 2 is 1.63 bits per heavy atom. The largest absolute Gasteiger partial charge is 0.198 e. The number of nitriles is 1. The highest BCUT2D eigenvalue weighted by Gasteiger charge is 2.48. The van der Waals surface area contributed by atoms with Gasteiger partial charge in [0.1, 0.15) is 0 Å². The van der Waals surface area contributed by atoms with E-state index in [1.165, 1.54) is 43.2 Å². The molecule has 1 heteroatoms. The maximum absolute atomic E-state index is 9.40. The van der Waals surface area contributed by atoms with E-state index in [0.29, 0.717) is 17.8 Å². The van der Waals surface area contributed by atoms with Crippen molar-refractivity contribution in [3.63, 3.8) is 0 Å². The smallest absolute Gasteiger partial charge is 0.0624 e. The van der Waals surface area contributed by atoms with E-state index in [1.54, 1.807) is 0 Å². The van der Waals surface area contributed by atoms with Crippen LogP contribution in [0.4, 0.5) is 0 Å². The average molecular weight is 368 g/mol. The van der Waals surface area contributed by atoms with Gasteiger partial charge in [-0.2, -0.15) is 5.26 Å². The summed E-state index contributed by atoms with van der Waals surface area (Å²) in [6.45, 7) is 13.4. The first-order valence-corrected chi connectivity index (χ1v) is 11.5. The number of rotatable bonds is 4. The van der Waals surface area contributed by atoms with Gasteiger partial charge < -0.3 is 0 Å². The van der Waals surface area contributed by atoms with E-state index in [2.05, 4.69) is 58.0 Å². The highest BCUT2D eigenvalue weighted by molar-refractivity contribution is 5.22. The summed E-state index contributed by atoms with van der Waals surface area (Å²) in [5.74, 6) is 5.32. The molecule has 0 N–H and O–H groups in total. The number of hydrogen-bond donors (Lipinski definition) is 0. The van der Waals surface area contributed by atoms with Crippen LogP contribution in [0.1, 0.15) is 77.8 Å². The van der Waals surface area contributed by atoms with Crippen LogP contribution in [0.25, 0.3) is 0 Å². The third kappa shape index (κ3) is 4.96. The predicted octanol–water partition coefficient (Wildman–Crippen LogP) is 7.44. The van der Waals surface area contributed by atoms with Crippen LogP contribution >= 0.6 is 0 Å². The first-order valence-electron chi connectivity index (χ1n) is 11.5. The molecule has 1 aromatic rings. The van der Waals surface area contributed by atoms with Gasteiger partial charge in [0.05, 0.1) is 6.07 Å². The summed E-state index contributed by atoms with van der Waals surface area (Å²) in [5.41, 5.74) is 2.84. The van der Waals surface area contributed by atoms with E-state index in [1.807, 2.05) is 13.8 Å². The lowest BCUT2D eigenvalue weighted by Gasteiger charge is -2.53. The van der Waals surface area contributed by atoms with Gasteiger partial charge in [-0.1, -0.05) is 77.3 Å². The maximum Gasteiger partial charge on any atom is 0.0624 e. The van der Waals surface area contributed by atoms with Crippen LogP contribution in [0.2, 0.25) is 0 Å². The Morgan fingerprint density at radius 3 is 2.22 bits per heavy atom. The molecule has 1 aromatic carbocycles. The monoisotopic (exact) mass is 367 g/mol. The van der Waals surface area contributed by atoms with Crippen molar-refractivity contribution in [1.29, 1.82) is 5.26 Å². The highest BCUT2D eigenvalue weighted by Crippen LogP contribution is 2.54. The lowest BCUT2D eigenvalue weighted by Crippen LogP contribution is -2.47. The molecule has 0 saturated heterocycles. The van der Waals surface area contributed by atoms with Crippen molar-refractivity contribution in [2.75, 3.05) is 0 Å². The zero-order chi connectivity index (χ0) is 20.0. The maximum atomic E-state index is 9.40. The minimum Gasteiger partial charge on any atom is -0.198 e. The highest BCUT2D eigenvalue weighted by atomic mass is 14.5. The van der Waals surface area contributed by atoms with E-state index < -0.39 is 0 Å². The van der Waals surface area contributed by atoms with Gasteiger partial charge in [-0.15, -0.1) is 0 Å². The predicted molar refractivity (Wildman–Crippen MR) is 116 cm³/mol. The van der Waals surface area contributed by atoms with Crippen molar-refractivity contribution in [1.82, 2.24) is 0 Å². The Kier molecular flexibility index (Phi) is 8.40. The number of nitrogens with zero attached hydrogens (tertiary/aromatic N) is 1. The van der Waals surface area contributed by atoms with Crippen LogP contribution in [0, 0.1) is 59.7 Å². The minimum absolute atomic E-state index is 0.581. The molecule has 7 atom stereocenters. The lowest BCUT2D eigenvalue weighted by atomic mass is 9.51. The molecule has 0 radical (unpaired) electrons. The van der Waals surface area contributed by atoms with Gasteiger partial charge in [-0.25, -0.2) is 0 Å². The fourth-order valence-electron chi connectivity index (χ4n) is 6.14. The van der Waals surface area contributed by atoms with Gasteiger partial charge in [0.2, 0.25) is 0 Å². The van der Waals surface area contributed by atoms with Gasteiger partial charge >= 0.3 is 0 Å². The fourth-order valence-corrected chi connectivity index (χ4v) is 6.14. The molecule has 150 valence electrons. The van der Waals surface area contributed by atoms with Gasteiger partial charge in [-0.05, 0) is 73.2 Å². The van der Waals surface area contributed by atoms with E-state index in [0.717, 1.165) is 30.1 Å². The molecule has 2 fully saturated rings. The first-order chi connectivity index (χ1) is 13.0. The molecular weight excluding hydrogens is 326 g/mol. The first kappa shape index (κ1) is 22.0. The molecule has 2 saturated carbocycles. The fraction of sp³-hybridized carbons (Fsp3) is 0.731. The van der Waals surface area contributed by atoms with Crippen molar-refractivity contribution >= 4 is 0 Å². The molecule has 2 aliphatic rings. The number of hydrogen-bond acceptors (Lipinski definition) is 1. The molecule has 2 unspecified atom stereocenters. The zero-order valence-electron chi connectivity index (χ0n) is 18.5. The third-order valence-corrected chi connectivity index (χ3v) is 7.81. The molecule has 0 spiro atoms. The topological polar surface area (TPSA) is 23.8 Å². The molecule has 1 nitrogen and oxygen atoms in total. The van der Waals surface area contributed by atoms with E-state index in [9.17, 15) is 5.26 Å². The SMILES string of the molecule is CC.CC[C@H]1CCC2[C@H](Cc3ccc(C)cc3)C(C)[C@@H](CC#N)[C@H](C)[C@@H]2C1. The van der Waals surface area contributed by atoms with Crippen LogP contribution in [0.5, 0.6) is 0 Å². The summed E-state index contributed by atoms with van der Waals surface area (Å²) in [4.78, 5) is 0. The molecular formula is C26H41N.